The number of benzene rings is 1. The van der Waals surface area contributed by atoms with Crippen LogP contribution in [0.1, 0.15) is 12.8 Å². The van der Waals surface area contributed by atoms with Crippen molar-refractivity contribution in [1.82, 2.24) is 10.2 Å². The molecule has 2 atom stereocenters. The van der Waals surface area contributed by atoms with Crippen LogP contribution in [0.2, 0.25) is 0 Å². The van der Waals surface area contributed by atoms with Crippen molar-refractivity contribution in [1.29, 1.82) is 0 Å². The summed E-state index contributed by atoms with van der Waals surface area (Å²) >= 11 is 0. The van der Waals surface area contributed by atoms with Gasteiger partial charge in [0.1, 0.15) is 19.0 Å². The van der Waals surface area contributed by atoms with Crippen LogP contribution in [-0.4, -0.2) is 56.8 Å². The molecule has 24 heavy (non-hydrogen) atoms. The van der Waals surface area contributed by atoms with E-state index in [-0.39, 0.29) is 24.9 Å². The Morgan fingerprint density at radius 3 is 2.42 bits per heavy atom. The van der Waals surface area contributed by atoms with Crippen molar-refractivity contribution in [2.45, 2.75) is 12.8 Å². The number of hydrogen-bond donors (Lipinski definition) is 1. The molecule has 1 aromatic rings. The van der Waals surface area contributed by atoms with Crippen molar-refractivity contribution < 1.29 is 14.3 Å². The minimum Gasteiger partial charge on any atom is -0.491 e. The van der Waals surface area contributed by atoms with E-state index < -0.39 is 0 Å². The molecule has 6 heteroatoms. The highest BCUT2D eigenvalue weighted by atomic mass is 35.5. The number of amides is 1. The average Bonchev–Trinajstić information content (AvgIpc) is 2.93. The van der Waals surface area contributed by atoms with Crippen molar-refractivity contribution >= 4 is 18.3 Å². The molecule has 0 aromatic heterocycles. The third kappa shape index (κ3) is 5.36. The second kappa shape index (κ2) is 9.87. The lowest BCUT2D eigenvalue weighted by Crippen LogP contribution is -2.35. The highest BCUT2D eigenvalue weighted by molar-refractivity contribution is 5.85. The predicted molar refractivity (Wildman–Crippen MR) is 95.7 cm³/mol. The number of para-hydroxylation sites is 1. The second-order valence-corrected chi connectivity index (χ2v) is 6.35. The van der Waals surface area contributed by atoms with E-state index >= 15 is 0 Å². The second-order valence-electron chi connectivity index (χ2n) is 6.35. The minimum absolute atomic E-state index is 0. The van der Waals surface area contributed by atoms with Gasteiger partial charge in [-0.1, -0.05) is 18.2 Å². The first kappa shape index (κ1) is 19.0. The van der Waals surface area contributed by atoms with Crippen molar-refractivity contribution in [3.05, 3.63) is 30.3 Å². The van der Waals surface area contributed by atoms with Crippen LogP contribution in [0.25, 0.3) is 0 Å². The number of hydrogen-bond acceptors (Lipinski definition) is 4. The van der Waals surface area contributed by atoms with Crippen LogP contribution in [0.3, 0.4) is 0 Å². The Labute approximate surface area is 150 Å². The molecule has 5 nitrogen and oxygen atoms in total. The average molecular weight is 355 g/mol. The normalized spacial score (nSPS) is 23.1. The summed E-state index contributed by atoms with van der Waals surface area (Å²) in [5.74, 6) is 2.42. The predicted octanol–water partition coefficient (Wildman–Crippen LogP) is 1.96. The molecule has 2 aliphatic heterocycles. The smallest absolute Gasteiger partial charge is 0.248 e. The van der Waals surface area contributed by atoms with E-state index in [0.29, 0.717) is 13.2 Å². The highest BCUT2D eigenvalue weighted by Crippen LogP contribution is 2.27. The monoisotopic (exact) mass is 354 g/mol. The molecule has 0 radical (unpaired) electrons. The SMILES string of the molecule is Cl.O=C(COCCOc1ccccc1)N1CC[C@@H]2CNC[C@@H]2CC1. The summed E-state index contributed by atoms with van der Waals surface area (Å²) in [7, 11) is 0. The summed E-state index contributed by atoms with van der Waals surface area (Å²) in [6, 6.07) is 9.64. The number of nitrogens with zero attached hydrogens (tertiary/aromatic N) is 1. The summed E-state index contributed by atoms with van der Waals surface area (Å²) < 4.78 is 11.0. The third-order valence-electron chi connectivity index (χ3n) is 4.84. The number of halogens is 1. The number of carbonyl (C=O) groups excluding carboxylic acids is 1. The molecule has 0 saturated carbocycles. The summed E-state index contributed by atoms with van der Waals surface area (Å²) in [5.41, 5.74) is 0. The lowest BCUT2D eigenvalue weighted by Gasteiger charge is -2.20. The Balaban J connectivity index is 0.00000208. The summed E-state index contributed by atoms with van der Waals surface area (Å²) in [6.07, 6.45) is 2.22. The number of rotatable bonds is 6. The first-order chi connectivity index (χ1) is 11.3. The van der Waals surface area contributed by atoms with E-state index in [2.05, 4.69) is 5.32 Å². The number of nitrogens with one attached hydrogen (secondary N) is 1. The number of ether oxygens (including phenoxy) is 2. The molecule has 0 bridgehead atoms. The fraction of sp³-hybridized carbons (Fsp3) is 0.611. The van der Waals surface area contributed by atoms with Crippen LogP contribution < -0.4 is 10.1 Å². The largest absolute Gasteiger partial charge is 0.491 e. The van der Waals surface area contributed by atoms with E-state index in [1.165, 1.54) is 0 Å². The molecule has 1 amide bonds. The fourth-order valence-corrected chi connectivity index (χ4v) is 3.45. The first-order valence-electron chi connectivity index (χ1n) is 8.57. The third-order valence-corrected chi connectivity index (χ3v) is 4.84. The Morgan fingerprint density at radius 2 is 1.75 bits per heavy atom. The molecular formula is C18H27ClN2O3. The van der Waals surface area contributed by atoms with Crippen LogP contribution in [0.4, 0.5) is 0 Å². The van der Waals surface area contributed by atoms with Crippen LogP contribution in [0.5, 0.6) is 5.75 Å². The zero-order valence-corrected chi connectivity index (χ0v) is 14.8. The molecule has 0 unspecified atom stereocenters. The van der Waals surface area contributed by atoms with Crippen LogP contribution >= 0.6 is 12.4 Å². The fourth-order valence-electron chi connectivity index (χ4n) is 3.45. The van der Waals surface area contributed by atoms with Gasteiger partial charge >= 0.3 is 0 Å². The van der Waals surface area contributed by atoms with Crippen molar-refractivity contribution in [2.24, 2.45) is 11.8 Å². The van der Waals surface area contributed by atoms with Gasteiger partial charge in [0, 0.05) is 13.1 Å². The van der Waals surface area contributed by atoms with Crippen molar-refractivity contribution in [3.63, 3.8) is 0 Å². The molecule has 134 valence electrons. The van der Waals surface area contributed by atoms with E-state index in [1.807, 2.05) is 35.2 Å². The Hall–Kier alpha value is -1.30. The molecule has 2 saturated heterocycles. The van der Waals surface area contributed by atoms with Gasteiger partial charge in [0.15, 0.2) is 0 Å². The van der Waals surface area contributed by atoms with Crippen LogP contribution in [-0.2, 0) is 9.53 Å². The zero-order valence-electron chi connectivity index (χ0n) is 14.0. The standard InChI is InChI=1S/C18H26N2O3.ClH/c21-18(14-22-10-11-23-17-4-2-1-3-5-17)20-8-6-15-12-19-13-16(15)7-9-20;/h1-5,15-16,19H,6-14H2;1H/t15-,16+;. The highest BCUT2D eigenvalue weighted by Gasteiger charge is 2.31. The Kier molecular flexibility index (Phi) is 7.82. The first-order valence-corrected chi connectivity index (χ1v) is 8.57. The van der Waals surface area contributed by atoms with E-state index in [1.54, 1.807) is 0 Å². The van der Waals surface area contributed by atoms with Gasteiger partial charge in [0.05, 0.1) is 6.61 Å². The van der Waals surface area contributed by atoms with Gasteiger partial charge in [0.2, 0.25) is 5.91 Å². The van der Waals surface area contributed by atoms with Crippen molar-refractivity contribution in [2.75, 3.05) is 46.0 Å². The number of fused-ring (bicyclic) bond motifs is 1. The van der Waals surface area contributed by atoms with Gasteiger partial charge in [-0.15, -0.1) is 12.4 Å². The zero-order chi connectivity index (χ0) is 15.9. The van der Waals surface area contributed by atoms with Crippen LogP contribution in [0, 0.1) is 11.8 Å². The molecule has 2 fully saturated rings. The Morgan fingerprint density at radius 1 is 1.08 bits per heavy atom. The molecule has 2 aliphatic rings. The topological polar surface area (TPSA) is 50.8 Å². The molecule has 2 heterocycles. The molecular weight excluding hydrogens is 328 g/mol. The van der Waals surface area contributed by atoms with Gasteiger partial charge in [0.25, 0.3) is 0 Å². The molecule has 0 spiro atoms. The lowest BCUT2D eigenvalue weighted by atomic mass is 9.92. The molecule has 0 aliphatic carbocycles. The lowest BCUT2D eigenvalue weighted by molar-refractivity contribution is -0.136. The van der Waals surface area contributed by atoms with Gasteiger partial charge in [-0.25, -0.2) is 0 Å². The maximum Gasteiger partial charge on any atom is 0.248 e. The van der Waals surface area contributed by atoms with E-state index in [4.69, 9.17) is 9.47 Å². The minimum atomic E-state index is 0. The molecule has 1 aromatic carbocycles. The number of carbonyl (C=O) groups is 1. The summed E-state index contributed by atoms with van der Waals surface area (Å²) in [4.78, 5) is 14.2. The maximum absolute atomic E-state index is 12.2. The summed E-state index contributed by atoms with van der Waals surface area (Å²) in [5, 5.41) is 3.46. The van der Waals surface area contributed by atoms with Gasteiger partial charge in [-0.2, -0.15) is 0 Å². The molecule has 1 N–H and O–H groups in total. The molecule has 3 rings (SSSR count). The van der Waals surface area contributed by atoms with Gasteiger partial charge in [-0.05, 0) is 49.9 Å². The number of likely N-dealkylation sites (tertiary alicyclic amines) is 1. The summed E-state index contributed by atoms with van der Waals surface area (Å²) in [6.45, 7) is 5.01. The quantitative estimate of drug-likeness (QED) is 0.793. The van der Waals surface area contributed by atoms with E-state index in [0.717, 1.165) is 56.6 Å². The van der Waals surface area contributed by atoms with Gasteiger partial charge < -0.3 is 19.7 Å². The maximum atomic E-state index is 12.2. The van der Waals surface area contributed by atoms with Crippen LogP contribution in [0.15, 0.2) is 30.3 Å². The van der Waals surface area contributed by atoms with Gasteiger partial charge in [-0.3, -0.25) is 4.79 Å². The van der Waals surface area contributed by atoms with Crippen molar-refractivity contribution in [3.8, 4) is 5.75 Å². The Bertz CT molecular complexity index is 486. The van der Waals surface area contributed by atoms with E-state index in [9.17, 15) is 4.79 Å².